The van der Waals surface area contributed by atoms with E-state index >= 15 is 0 Å². The van der Waals surface area contributed by atoms with Crippen molar-refractivity contribution in [2.75, 3.05) is 20.1 Å². The third-order valence-corrected chi connectivity index (χ3v) is 3.12. The number of nitrogens with two attached hydrogens (primary N) is 1. The minimum absolute atomic E-state index is 0.00695. The summed E-state index contributed by atoms with van der Waals surface area (Å²) in [4.78, 5) is 29.2. The van der Waals surface area contributed by atoms with Crippen molar-refractivity contribution in [3.63, 3.8) is 0 Å². The van der Waals surface area contributed by atoms with E-state index < -0.39 is 0 Å². The molecule has 6 heteroatoms. The fourth-order valence-electron chi connectivity index (χ4n) is 1.71. The second-order valence-electron chi connectivity index (χ2n) is 5.18. The smallest absolute Gasteiger partial charge is 0.241 e. The summed E-state index contributed by atoms with van der Waals surface area (Å²) in [7, 11) is 1.72. The third-order valence-electron chi connectivity index (χ3n) is 3.12. The summed E-state index contributed by atoms with van der Waals surface area (Å²) in [5.41, 5.74) is 6.52. The molecule has 1 rings (SSSR count). The Bertz CT molecular complexity index is 448. The summed E-state index contributed by atoms with van der Waals surface area (Å²) >= 11 is 0. The topological polar surface area (TPSA) is 88.3 Å². The van der Waals surface area contributed by atoms with Crippen LogP contribution in [0.4, 0.5) is 0 Å². The highest BCUT2D eigenvalue weighted by Crippen LogP contribution is 1.97. The van der Waals surface area contributed by atoms with E-state index in [1.54, 1.807) is 18.1 Å². The molecule has 0 aliphatic carbocycles. The van der Waals surface area contributed by atoms with E-state index in [0.717, 1.165) is 5.69 Å². The lowest BCUT2D eigenvalue weighted by Gasteiger charge is -2.17. The molecular formula is C15H24N4O2. The van der Waals surface area contributed by atoms with Crippen LogP contribution in [-0.4, -0.2) is 47.9 Å². The van der Waals surface area contributed by atoms with Crippen molar-refractivity contribution in [3.8, 4) is 0 Å². The van der Waals surface area contributed by atoms with Gasteiger partial charge in [-0.1, -0.05) is 6.07 Å². The number of aromatic nitrogens is 1. The van der Waals surface area contributed by atoms with E-state index in [1.165, 1.54) is 0 Å². The minimum Gasteiger partial charge on any atom is -0.347 e. The Labute approximate surface area is 125 Å². The Hall–Kier alpha value is -1.95. The molecule has 0 aliphatic heterocycles. The standard InChI is InChI=1S/C15H24N4O2/c1-12(16)6-7-14(20)18-11-15(21)19(2)10-8-13-5-3-4-9-17-13/h3-5,9,12H,6-8,10-11,16H2,1-2H3,(H,18,20). The number of hydrogen-bond donors (Lipinski definition) is 2. The van der Waals surface area contributed by atoms with Crippen molar-refractivity contribution < 1.29 is 9.59 Å². The summed E-state index contributed by atoms with van der Waals surface area (Å²) in [6.07, 6.45) is 3.40. The quantitative estimate of drug-likeness (QED) is 0.722. The van der Waals surface area contributed by atoms with Gasteiger partial charge in [-0.25, -0.2) is 0 Å². The number of carbonyl (C=O) groups is 2. The van der Waals surface area contributed by atoms with Crippen molar-refractivity contribution in [1.82, 2.24) is 15.2 Å². The summed E-state index contributed by atoms with van der Waals surface area (Å²) < 4.78 is 0. The second kappa shape index (κ2) is 9.07. The summed E-state index contributed by atoms with van der Waals surface area (Å²) in [6, 6.07) is 5.69. The van der Waals surface area contributed by atoms with Gasteiger partial charge in [-0.15, -0.1) is 0 Å². The Balaban J connectivity index is 2.23. The molecule has 0 aliphatic rings. The van der Waals surface area contributed by atoms with Crippen molar-refractivity contribution in [1.29, 1.82) is 0 Å². The Morgan fingerprint density at radius 2 is 2.19 bits per heavy atom. The van der Waals surface area contributed by atoms with Gasteiger partial charge in [-0.05, 0) is 25.5 Å². The summed E-state index contributed by atoms with van der Waals surface area (Å²) in [5, 5.41) is 2.62. The lowest BCUT2D eigenvalue weighted by atomic mass is 10.2. The lowest BCUT2D eigenvalue weighted by molar-refractivity contribution is -0.131. The first-order valence-corrected chi connectivity index (χ1v) is 7.15. The Morgan fingerprint density at radius 1 is 1.43 bits per heavy atom. The van der Waals surface area contributed by atoms with Crippen LogP contribution in [0.3, 0.4) is 0 Å². The normalized spacial score (nSPS) is 11.8. The van der Waals surface area contributed by atoms with Gasteiger partial charge in [0.2, 0.25) is 11.8 Å². The molecular weight excluding hydrogens is 268 g/mol. The van der Waals surface area contributed by atoms with E-state index in [1.807, 2.05) is 25.1 Å². The average molecular weight is 292 g/mol. The van der Waals surface area contributed by atoms with Crippen LogP contribution in [-0.2, 0) is 16.0 Å². The number of likely N-dealkylation sites (N-methyl/N-ethyl adjacent to an activating group) is 1. The number of carbonyl (C=O) groups excluding carboxylic acids is 2. The molecule has 0 spiro atoms. The van der Waals surface area contributed by atoms with Crippen LogP contribution < -0.4 is 11.1 Å². The van der Waals surface area contributed by atoms with E-state index in [4.69, 9.17) is 5.73 Å². The molecule has 1 heterocycles. The van der Waals surface area contributed by atoms with Crippen LogP contribution in [0.15, 0.2) is 24.4 Å². The summed E-state index contributed by atoms with van der Waals surface area (Å²) in [5.74, 6) is -0.251. The Morgan fingerprint density at radius 3 is 2.81 bits per heavy atom. The highest BCUT2D eigenvalue weighted by molar-refractivity contribution is 5.84. The molecule has 1 atom stereocenters. The molecule has 0 fully saturated rings. The molecule has 0 radical (unpaired) electrons. The van der Waals surface area contributed by atoms with Gasteiger partial charge in [0, 0.05) is 44.4 Å². The zero-order valence-electron chi connectivity index (χ0n) is 12.7. The number of amides is 2. The molecule has 3 N–H and O–H groups in total. The van der Waals surface area contributed by atoms with Crippen LogP contribution in [0.1, 0.15) is 25.5 Å². The first kappa shape index (κ1) is 17.1. The van der Waals surface area contributed by atoms with Crippen molar-refractivity contribution in [3.05, 3.63) is 30.1 Å². The monoisotopic (exact) mass is 292 g/mol. The molecule has 21 heavy (non-hydrogen) atoms. The van der Waals surface area contributed by atoms with Crippen molar-refractivity contribution in [2.24, 2.45) is 5.73 Å². The number of nitrogens with zero attached hydrogens (tertiary/aromatic N) is 2. The fourth-order valence-corrected chi connectivity index (χ4v) is 1.71. The lowest BCUT2D eigenvalue weighted by Crippen LogP contribution is -2.39. The van der Waals surface area contributed by atoms with Gasteiger partial charge in [0.05, 0.1) is 6.54 Å². The maximum Gasteiger partial charge on any atom is 0.241 e. The molecule has 6 nitrogen and oxygen atoms in total. The van der Waals surface area contributed by atoms with Crippen LogP contribution in [0.2, 0.25) is 0 Å². The van der Waals surface area contributed by atoms with Crippen molar-refractivity contribution >= 4 is 11.8 Å². The molecule has 2 amide bonds. The van der Waals surface area contributed by atoms with E-state index in [2.05, 4.69) is 10.3 Å². The van der Waals surface area contributed by atoms with Gasteiger partial charge in [0.15, 0.2) is 0 Å². The fraction of sp³-hybridized carbons (Fsp3) is 0.533. The average Bonchev–Trinajstić information content (AvgIpc) is 2.49. The van der Waals surface area contributed by atoms with Crippen LogP contribution in [0.5, 0.6) is 0 Å². The van der Waals surface area contributed by atoms with Crippen LogP contribution >= 0.6 is 0 Å². The number of nitrogens with one attached hydrogen (secondary N) is 1. The highest BCUT2D eigenvalue weighted by atomic mass is 16.2. The highest BCUT2D eigenvalue weighted by Gasteiger charge is 2.11. The van der Waals surface area contributed by atoms with Gasteiger partial charge in [0.1, 0.15) is 0 Å². The van der Waals surface area contributed by atoms with Crippen LogP contribution in [0.25, 0.3) is 0 Å². The molecule has 1 aromatic rings. The first-order chi connectivity index (χ1) is 9.99. The van der Waals surface area contributed by atoms with E-state index in [0.29, 0.717) is 25.8 Å². The predicted molar refractivity (Wildman–Crippen MR) is 81.5 cm³/mol. The number of pyridine rings is 1. The zero-order valence-corrected chi connectivity index (χ0v) is 12.7. The van der Waals surface area contributed by atoms with Gasteiger partial charge < -0.3 is 16.0 Å². The largest absolute Gasteiger partial charge is 0.347 e. The Kier molecular flexibility index (Phi) is 7.39. The molecule has 116 valence electrons. The molecule has 1 aromatic heterocycles. The number of hydrogen-bond acceptors (Lipinski definition) is 4. The summed E-state index contributed by atoms with van der Waals surface area (Å²) in [6.45, 7) is 2.45. The zero-order chi connectivity index (χ0) is 15.7. The van der Waals surface area contributed by atoms with E-state index in [-0.39, 0.29) is 24.4 Å². The molecule has 0 saturated carbocycles. The van der Waals surface area contributed by atoms with Gasteiger partial charge >= 0.3 is 0 Å². The first-order valence-electron chi connectivity index (χ1n) is 7.15. The van der Waals surface area contributed by atoms with E-state index in [9.17, 15) is 9.59 Å². The molecule has 0 aromatic carbocycles. The minimum atomic E-state index is -0.140. The van der Waals surface area contributed by atoms with Gasteiger partial charge in [-0.2, -0.15) is 0 Å². The SMILES string of the molecule is CC(N)CCC(=O)NCC(=O)N(C)CCc1ccccn1. The number of rotatable bonds is 8. The third kappa shape index (κ3) is 7.41. The van der Waals surface area contributed by atoms with Gasteiger partial charge in [-0.3, -0.25) is 14.6 Å². The maximum absolute atomic E-state index is 11.9. The second-order valence-corrected chi connectivity index (χ2v) is 5.18. The maximum atomic E-state index is 11.9. The molecule has 0 saturated heterocycles. The van der Waals surface area contributed by atoms with Crippen molar-refractivity contribution in [2.45, 2.75) is 32.2 Å². The van der Waals surface area contributed by atoms with Gasteiger partial charge in [0.25, 0.3) is 0 Å². The molecule has 1 unspecified atom stereocenters. The van der Waals surface area contributed by atoms with Crippen LogP contribution in [0, 0.1) is 0 Å². The predicted octanol–water partition coefficient (Wildman–Crippen LogP) is 0.326. The molecule has 0 bridgehead atoms.